The molecular formula is C21H33N5S. The summed E-state index contributed by atoms with van der Waals surface area (Å²) in [6, 6.07) is 11.1. The summed E-state index contributed by atoms with van der Waals surface area (Å²) in [5.41, 5.74) is 2.44. The van der Waals surface area contributed by atoms with Crippen molar-refractivity contribution in [3.63, 3.8) is 0 Å². The van der Waals surface area contributed by atoms with Crippen LogP contribution >= 0.6 is 11.3 Å². The molecule has 5 nitrogen and oxygen atoms in total. The molecule has 1 aromatic carbocycles. The van der Waals surface area contributed by atoms with E-state index in [4.69, 9.17) is 4.99 Å². The summed E-state index contributed by atoms with van der Waals surface area (Å²) < 4.78 is 0. The molecule has 6 heteroatoms. The Labute approximate surface area is 167 Å². The van der Waals surface area contributed by atoms with Crippen LogP contribution in [0.15, 0.2) is 35.3 Å². The highest BCUT2D eigenvalue weighted by molar-refractivity contribution is 7.11. The number of hydrogen-bond donors (Lipinski definition) is 2. The van der Waals surface area contributed by atoms with E-state index in [1.807, 2.05) is 6.92 Å². The summed E-state index contributed by atoms with van der Waals surface area (Å²) in [5.74, 6) is 0.876. The van der Waals surface area contributed by atoms with Gasteiger partial charge in [0, 0.05) is 30.6 Å². The standard InChI is InChI=1S/C21H33N5S/c1-6-22-21(24-14-20-17(3)25-18(4)27-20)23-13-12-16(2)26(5)15-19-10-8-7-9-11-19/h7-11,16H,6,12-15H2,1-5H3,(H2,22,23,24). The second-order valence-electron chi connectivity index (χ2n) is 6.90. The summed E-state index contributed by atoms with van der Waals surface area (Å²) in [6.07, 6.45) is 1.06. The lowest BCUT2D eigenvalue weighted by atomic mass is 10.1. The zero-order chi connectivity index (χ0) is 19.6. The first-order valence-electron chi connectivity index (χ1n) is 9.68. The van der Waals surface area contributed by atoms with Crippen LogP contribution in [0.25, 0.3) is 0 Å². The van der Waals surface area contributed by atoms with Crippen molar-refractivity contribution in [2.75, 3.05) is 20.1 Å². The van der Waals surface area contributed by atoms with E-state index < -0.39 is 0 Å². The summed E-state index contributed by atoms with van der Waals surface area (Å²) in [4.78, 5) is 12.8. The van der Waals surface area contributed by atoms with Crippen LogP contribution in [-0.4, -0.2) is 42.0 Å². The summed E-state index contributed by atoms with van der Waals surface area (Å²) in [6.45, 7) is 11.9. The first kappa shape index (κ1) is 21.4. The van der Waals surface area contributed by atoms with Crippen molar-refractivity contribution in [2.24, 2.45) is 4.99 Å². The highest BCUT2D eigenvalue weighted by atomic mass is 32.1. The monoisotopic (exact) mass is 387 g/mol. The molecule has 0 saturated heterocycles. The maximum Gasteiger partial charge on any atom is 0.191 e. The van der Waals surface area contributed by atoms with Crippen molar-refractivity contribution < 1.29 is 0 Å². The van der Waals surface area contributed by atoms with Crippen LogP contribution in [0.5, 0.6) is 0 Å². The maximum atomic E-state index is 4.72. The molecule has 1 atom stereocenters. The molecule has 2 N–H and O–H groups in total. The van der Waals surface area contributed by atoms with Crippen LogP contribution in [0, 0.1) is 13.8 Å². The number of guanidine groups is 1. The van der Waals surface area contributed by atoms with Crippen molar-refractivity contribution in [3.8, 4) is 0 Å². The zero-order valence-electron chi connectivity index (χ0n) is 17.2. The third kappa shape index (κ3) is 7.31. The summed E-state index contributed by atoms with van der Waals surface area (Å²) in [5, 5.41) is 7.90. The van der Waals surface area contributed by atoms with E-state index >= 15 is 0 Å². The van der Waals surface area contributed by atoms with Crippen molar-refractivity contribution in [3.05, 3.63) is 51.5 Å². The Hall–Kier alpha value is -1.92. The van der Waals surface area contributed by atoms with E-state index in [0.29, 0.717) is 12.6 Å². The van der Waals surface area contributed by atoms with Crippen molar-refractivity contribution in [1.29, 1.82) is 0 Å². The fourth-order valence-electron chi connectivity index (χ4n) is 2.86. The van der Waals surface area contributed by atoms with Gasteiger partial charge in [-0.2, -0.15) is 0 Å². The molecule has 0 fully saturated rings. The molecule has 0 aliphatic heterocycles. The van der Waals surface area contributed by atoms with Gasteiger partial charge in [0.25, 0.3) is 0 Å². The number of rotatable bonds is 9. The van der Waals surface area contributed by atoms with E-state index in [9.17, 15) is 0 Å². The number of nitrogens with one attached hydrogen (secondary N) is 2. The van der Waals surface area contributed by atoms with Crippen molar-refractivity contribution in [1.82, 2.24) is 20.5 Å². The number of aromatic nitrogens is 1. The molecule has 148 valence electrons. The Kier molecular flexibility index (Phi) is 8.75. The van der Waals surface area contributed by atoms with E-state index in [1.54, 1.807) is 11.3 Å². The third-order valence-corrected chi connectivity index (χ3v) is 5.66. The predicted molar refractivity (Wildman–Crippen MR) is 116 cm³/mol. The van der Waals surface area contributed by atoms with Gasteiger partial charge in [-0.15, -0.1) is 11.3 Å². The van der Waals surface area contributed by atoms with Crippen LogP contribution in [0.1, 0.15) is 41.4 Å². The molecule has 2 aromatic rings. The molecule has 1 aromatic heterocycles. The fraction of sp³-hybridized carbons (Fsp3) is 0.524. The molecule has 0 spiro atoms. The van der Waals surface area contributed by atoms with Gasteiger partial charge >= 0.3 is 0 Å². The van der Waals surface area contributed by atoms with Crippen LogP contribution in [0.3, 0.4) is 0 Å². The zero-order valence-corrected chi connectivity index (χ0v) is 18.1. The molecule has 27 heavy (non-hydrogen) atoms. The third-order valence-electron chi connectivity index (χ3n) is 4.61. The second kappa shape index (κ2) is 11.0. The molecule has 0 amide bonds. The van der Waals surface area contributed by atoms with Gasteiger partial charge < -0.3 is 10.6 Å². The Balaban J connectivity index is 1.80. The van der Waals surface area contributed by atoms with Gasteiger partial charge in [0.05, 0.1) is 17.2 Å². The molecule has 0 saturated carbocycles. The van der Waals surface area contributed by atoms with Gasteiger partial charge in [0.15, 0.2) is 5.96 Å². The molecule has 1 unspecified atom stereocenters. The lowest BCUT2D eigenvalue weighted by molar-refractivity contribution is 0.238. The number of aryl methyl sites for hydroxylation is 2. The van der Waals surface area contributed by atoms with Gasteiger partial charge in [-0.25, -0.2) is 9.98 Å². The molecular weight excluding hydrogens is 354 g/mol. The van der Waals surface area contributed by atoms with Gasteiger partial charge in [-0.3, -0.25) is 4.90 Å². The lowest BCUT2D eigenvalue weighted by Crippen LogP contribution is -2.40. The Morgan fingerprint density at radius 1 is 1.22 bits per heavy atom. The molecule has 2 rings (SSSR count). The quantitative estimate of drug-likeness (QED) is 0.508. The first-order valence-corrected chi connectivity index (χ1v) is 10.5. The Morgan fingerprint density at radius 3 is 2.59 bits per heavy atom. The minimum atomic E-state index is 0.493. The molecule has 0 bridgehead atoms. The lowest BCUT2D eigenvalue weighted by Gasteiger charge is -2.25. The van der Waals surface area contributed by atoms with E-state index in [-0.39, 0.29) is 0 Å². The average Bonchev–Trinajstić information content (AvgIpc) is 2.97. The number of aliphatic imine (C=N–C) groups is 1. The average molecular weight is 388 g/mol. The molecule has 1 heterocycles. The minimum absolute atomic E-state index is 0.493. The van der Waals surface area contributed by atoms with Crippen LogP contribution in [-0.2, 0) is 13.1 Å². The number of hydrogen-bond acceptors (Lipinski definition) is 4. The normalized spacial score (nSPS) is 13.0. The van der Waals surface area contributed by atoms with E-state index in [0.717, 1.165) is 42.7 Å². The molecule has 0 aliphatic carbocycles. The van der Waals surface area contributed by atoms with Gasteiger partial charge in [0.2, 0.25) is 0 Å². The first-order chi connectivity index (χ1) is 13.0. The highest BCUT2D eigenvalue weighted by Gasteiger charge is 2.10. The SMILES string of the molecule is CCNC(=NCc1sc(C)nc1C)NCCC(C)N(C)Cc1ccccc1. The Bertz CT molecular complexity index is 711. The summed E-state index contributed by atoms with van der Waals surface area (Å²) >= 11 is 1.73. The topological polar surface area (TPSA) is 52.6 Å². The maximum absolute atomic E-state index is 4.72. The van der Waals surface area contributed by atoms with Crippen molar-refractivity contribution in [2.45, 2.75) is 53.2 Å². The number of thiazole rings is 1. The van der Waals surface area contributed by atoms with E-state index in [2.05, 4.69) is 78.7 Å². The predicted octanol–water partition coefficient (Wildman–Crippen LogP) is 3.73. The number of nitrogens with zero attached hydrogens (tertiary/aromatic N) is 3. The van der Waals surface area contributed by atoms with Gasteiger partial charge in [0.1, 0.15) is 0 Å². The Morgan fingerprint density at radius 2 is 1.96 bits per heavy atom. The fourth-order valence-corrected chi connectivity index (χ4v) is 3.72. The number of benzene rings is 1. The molecule has 0 aliphatic rings. The largest absolute Gasteiger partial charge is 0.357 e. The van der Waals surface area contributed by atoms with Crippen LogP contribution in [0.4, 0.5) is 0 Å². The van der Waals surface area contributed by atoms with Gasteiger partial charge in [-0.1, -0.05) is 30.3 Å². The highest BCUT2D eigenvalue weighted by Crippen LogP contribution is 2.17. The van der Waals surface area contributed by atoms with Crippen LogP contribution in [0.2, 0.25) is 0 Å². The minimum Gasteiger partial charge on any atom is -0.357 e. The summed E-state index contributed by atoms with van der Waals surface area (Å²) in [7, 11) is 2.19. The smallest absolute Gasteiger partial charge is 0.191 e. The van der Waals surface area contributed by atoms with Crippen molar-refractivity contribution >= 4 is 17.3 Å². The molecule has 0 radical (unpaired) electrons. The second-order valence-corrected chi connectivity index (χ2v) is 8.19. The van der Waals surface area contributed by atoms with Gasteiger partial charge in [-0.05, 0) is 46.7 Å². The van der Waals surface area contributed by atoms with E-state index in [1.165, 1.54) is 10.4 Å². The van der Waals surface area contributed by atoms with Crippen LogP contribution < -0.4 is 10.6 Å².